The summed E-state index contributed by atoms with van der Waals surface area (Å²) in [7, 11) is 0. The van der Waals surface area contributed by atoms with Gasteiger partial charge in [0.25, 0.3) is 0 Å². The van der Waals surface area contributed by atoms with Gasteiger partial charge in [0.05, 0.1) is 5.56 Å². The van der Waals surface area contributed by atoms with Gasteiger partial charge in [-0.05, 0) is 6.07 Å². The van der Waals surface area contributed by atoms with Crippen molar-refractivity contribution in [1.29, 1.82) is 0 Å². The lowest BCUT2D eigenvalue weighted by atomic mass is 10.4. The maximum Gasteiger partial charge on any atom is 0.435 e. The Bertz CT molecular complexity index is 532. The van der Waals surface area contributed by atoms with Crippen molar-refractivity contribution < 1.29 is 18.0 Å². The minimum Gasteiger partial charge on any atom is -0.298 e. The Kier molecular flexibility index (Phi) is 2.62. The van der Waals surface area contributed by atoms with Crippen LogP contribution in [0.5, 0.6) is 0 Å². The first-order valence-electron chi connectivity index (χ1n) is 4.41. The Morgan fingerprint density at radius 2 is 1.88 bits per heavy atom. The van der Waals surface area contributed by atoms with Crippen LogP contribution in [0.2, 0.25) is 0 Å². The molecule has 2 aromatic rings. The van der Waals surface area contributed by atoms with Crippen LogP contribution in [0, 0.1) is 0 Å². The van der Waals surface area contributed by atoms with E-state index in [0.29, 0.717) is 6.29 Å². The van der Waals surface area contributed by atoms with Gasteiger partial charge in [-0.1, -0.05) is 0 Å². The highest BCUT2D eigenvalue weighted by Crippen LogP contribution is 2.27. The molecule has 0 fully saturated rings. The molecule has 0 N–H and O–H groups in total. The largest absolute Gasteiger partial charge is 0.435 e. The zero-order chi connectivity index (χ0) is 12.5. The van der Waals surface area contributed by atoms with E-state index in [4.69, 9.17) is 0 Å². The minimum atomic E-state index is -4.51. The quantitative estimate of drug-likeness (QED) is 0.748. The molecule has 0 saturated heterocycles. The summed E-state index contributed by atoms with van der Waals surface area (Å²) in [5, 5.41) is 3.29. The minimum absolute atomic E-state index is 0.0360. The Balaban J connectivity index is 2.33. The lowest BCUT2D eigenvalue weighted by Gasteiger charge is -2.01. The molecular weight excluding hydrogens is 237 g/mol. The summed E-state index contributed by atoms with van der Waals surface area (Å²) < 4.78 is 37.7. The molecule has 0 unspecified atom stereocenters. The molecule has 0 aliphatic carbocycles. The van der Waals surface area contributed by atoms with Gasteiger partial charge in [0.1, 0.15) is 0 Å². The van der Waals surface area contributed by atoms with Crippen molar-refractivity contribution in [2.24, 2.45) is 0 Å². The van der Waals surface area contributed by atoms with Gasteiger partial charge in [-0.15, -0.1) is 0 Å². The van der Waals surface area contributed by atoms with Crippen molar-refractivity contribution in [2.75, 3.05) is 0 Å². The second-order valence-electron chi connectivity index (χ2n) is 3.08. The highest BCUT2D eigenvalue weighted by molar-refractivity contribution is 5.73. The van der Waals surface area contributed by atoms with Crippen molar-refractivity contribution in [3.63, 3.8) is 0 Å². The first-order chi connectivity index (χ1) is 8.00. The van der Waals surface area contributed by atoms with Crippen molar-refractivity contribution in [1.82, 2.24) is 19.7 Å². The number of aldehydes is 1. The molecule has 2 heterocycles. The summed E-state index contributed by atoms with van der Waals surface area (Å²) in [5.41, 5.74) is -0.794. The smallest absolute Gasteiger partial charge is 0.298 e. The third-order valence-electron chi connectivity index (χ3n) is 1.88. The third kappa shape index (κ3) is 2.30. The fourth-order valence-electron chi connectivity index (χ4n) is 1.10. The molecule has 0 saturated carbocycles. The van der Waals surface area contributed by atoms with Crippen LogP contribution in [0.3, 0.4) is 0 Å². The van der Waals surface area contributed by atoms with E-state index in [1.165, 1.54) is 12.4 Å². The van der Waals surface area contributed by atoms with Crippen molar-refractivity contribution in [3.8, 4) is 5.95 Å². The van der Waals surface area contributed by atoms with E-state index in [1.54, 1.807) is 0 Å². The standard InChI is InChI=1S/C9H5F3N4O/c10-9(11,12)7-1-2-16(15-7)8-13-3-6(5-17)4-14-8/h1-5H. The number of carbonyl (C=O) groups excluding carboxylic acids is 1. The Hall–Kier alpha value is -2.25. The lowest BCUT2D eigenvalue weighted by molar-refractivity contribution is -0.141. The van der Waals surface area contributed by atoms with Crippen LogP contribution in [-0.4, -0.2) is 26.0 Å². The van der Waals surface area contributed by atoms with Gasteiger partial charge in [0.2, 0.25) is 5.95 Å². The fraction of sp³-hybridized carbons (Fsp3) is 0.111. The van der Waals surface area contributed by atoms with Crippen LogP contribution < -0.4 is 0 Å². The first-order valence-corrected chi connectivity index (χ1v) is 4.41. The van der Waals surface area contributed by atoms with E-state index in [2.05, 4.69) is 15.1 Å². The van der Waals surface area contributed by atoms with Crippen LogP contribution in [0.1, 0.15) is 16.1 Å². The van der Waals surface area contributed by atoms with Gasteiger partial charge >= 0.3 is 6.18 Å². The van der Waals surface area contributed by atoms with Crippen molar-refractivity contribution in [2.45, 2.75) is 6.18 Å². The highest BCUT2D eigenvalue weighted by atomic mass is 19.4. The molecule has 0 spiro atoms. The molecule has 2 rings (SSSR count). The van der Waals surface area contributed by atoms with E-state index in [0.717, 1.165) is 16.9 Å². The van der Waals surface area contributed by atoms with Crippen LogP contribution >= 0.6 is 0 Å². The molecule has 0 amide bonds. The predicted octanol–water partition coefficient (Wildman–Crippen LogP) is 1.49. The van der Waals surface area contributed by atoms with Gasteiger partial charge in [-0.2, -0.15) is 18.3 Å². The molecule has 0 aliphatic heterocycles. The summed E-state index contributed by atoms with van der Waals surface area (Å²) in [4.78, 5) is 17.8. The lowest BCUT2D eigenvalue weighted by Crippen LogP contribution is -2.08. The van der Waals surface area contributed by atoms with Crippen LogP contribution in [0.4, 0.5) is 13.2 Å². The van der Waals surface area contributed by atoms with E-state index in [9.17, 15) is 18.0 Å². The van der Waals surface area contributed by atoms with Gasteiger partial charge in [-0.25, -0.2) is 14.6 Å². The molecule has 2 aromatic heterocycles. The summed E-state index contributed by atoms with van der Waals surface area (Å²) in [6, 6.07) is 0.816. The Morgan fingerprint density at radius 3 is 2.35 bits per heavy atom. The van der Waals surface area contributed by atoms with Crippen LogP contribution in [-0.2, 0) is 6.18 Å². The molecule has 0 aromatic carbocycles. The Labute approximate surface area is 92.9 Å². The molecule has 17 heavy (non-hydrogen) atoms. The molecule has 0 aliphatic rings. The predicted molar refractivity (Wildman–Crippen MR) is 49.5 cm³/mol. The number of halogens is 3. The highest BCUT2D eigenvalue weighted by Gasteiger charge is 2.33. The monoisotopic (exact) mass is 242 g/mol. The summed E-state index contributed by atoms with van der Waals surface area (Å²) >= 11 is 0. The number of carbonyl (C=O) groups is 1. The van der Waals surface area contributed by atoms with Gasteiger partial charge in [0, 0.05) is 18.6 Å². The van der Waals surface area contributed by atoms with Crippen molar-refractivity contribution >= 4 is 6.29 Å². The average Bonchev–Trinajstić information content (AvgIpc) is 2.78. The molecule has 0 bridgehead atoms. The zero-order valence-electron chi connectivity index (χ0n) is 8.22. The maximum absolute atomic E-state index is 12.3. The second kappa shape index (κ2) is 3.96. The second-order valence-corrected chi connectivity index (χ2v) is 3.08. The zero-order valence-corrected chi connectivity index (χ0v) is 8.22. The van der Waals surface area contributed by atoms with Crippen molar-refractivity contribution in [3.05, 3.63) is 35.9 Å². The normalized spacial score (nSPS) is 11.5. The number of nitrogens with zero attached hydrogens (tertiary/aromatic N) is 4. The number of hydrogen-bond acceptors (Lipinski definition) is 4. The van der Waals surface area contributed by atoms with E-state index in [-0.39, 0.29) is 11.5 Å². The fourth-order valence-corrected chi connectivity index (χ4v) is 1.10. The number of aromatic nitrogens is 4. The maximum atomic E-state index is 12.3. The molecule has 8 heteroatoms. The van der Waals surface area contributed by atoms with Crippen LogP contribution in [0.25, 0.3) is 5.95 Å². The average molecular weight is 242 g/mol. The Morgan fingerprint density at radius 1 is 1.24 bits per heavy atom. The summed E-state index contributed by atoms with van der Waals surface area (Å²) in [5.74, 6) is -0.0360. The first kappa shape index (κ1) is 11.2. The van der Waals surface area contributed by atoms with E-state index < -0.39 is 11.9 Å². The van der Waals surface area contributed by atoms with Gasteiger partial charge < -0.3 is 0 Å². The third-order valence-corrected chi connectivity index (χ3v) is 1.88. The number of rotatable bonds is 2. The van der Waals surface area contributed by atoms with E-state index >= 15 is 0 Å². The summed E-state index contributed by atoms with van der Waals surface area (Å²) in [6.45, 7) is 0. The van der Waals surface area contributed by atoms with Gasteiger partial charge in [0.15, 0.2) is 12.0 Å². The molecule has 0 atom stereocenters. The molecule has 5 nitrogen and oxygen atoms in total. The topological polar surface area (TPSA) is 60.7 Å². The van der Waals surface area contributed by atoms with Crippen LogP contribution in [0.15, 0.2) is 24.7 Å². The summed E-state index contributed by atoms with van der Waals surface area (Å²) in [6.07, 6.45) is -0.477. The molecular formula is C9H5F3N4O. The number of alkyl halides is 3. The number of hydrogen-bond donors (Lipinski definition) is 0. The van der Waals surface area contributed by atoms with Gasteiger partial charge in [-0.3, -0.25) is 4.79 Å². The van der Waals surface area contributed by atoms with E-state index in [1.807, 2.05) is 0 Å². The SMILES string of the molecule is O=Cc1cnc(-n2ccc(C(F)(F)F)n2)nc1. The molecule has 88 valence electrons. The molecule has 0 radical (unpaired) electrons.